The van der Waals surface area contributed by atoms with Gasteiger partial charge in [-0.1, -0.05) is 34.1 Å². The molecule has 1 radical (unpaired) electrons. The second-order valence-corrected chi connectivity index (χ2v) is 3.93. The molecule has 0 aromatic rings. The number of hydrogen-bond donors (Lipinski definition) is 0. The zero-order valence-corrected chi connectivity index (χ0v) is 8.52. The monoisotopic (exact) mass is 171 g/mol. The minimum atomic E-state index is 0.117. The quantitative estimate of drug-likeness (QED) is 0.614. The Morgan fingerprint density at radius 1 is 1.50 bits per heavy atom. The highest BCUT2D eigenvalue weighted by atomic mass is 16.5. The molecule has 0 aliphatic carbocycles. The van der Waals surface area contributed by atoms with Crippen LogP contribution in [0, 0.1) is 11.3 Å². The Labute approximate surface area is 75.3 Å². The van der Waals surface area contributed by atoms with E-state index in [0.717, 1.165) is 12.8 Å². The Morgan fingerprint density at radius 3 is 2.42 bits per heavy atom. The van der Waals surface area contributed by atoms with Gasteiger partial charge in [0, 0.05) is 5.41 Å². The predicted molar refractivity (Wildman–Crippen MR) is 49.5 cm³/mol. The first-order chi connectivity index (χ1) is 5.56. The highest BCUT2D eigenvalue weighted by Gasteiger charge is 2.28. The maximum absolute atomic E-state index is 9.93. The van der Waals surface area contributed by atoms with E-state index in [1.54, 1.807) is 0 Å². The fourth-order valence-electron chi connectivity index (χ4n) is 1.29. The Bertz CT molecular complexity index is 132. The first kappa shape index (κ1) is 11.5. The highest BCUT2D eigenvalue weighted by molar-refractivity contribution is 5.38. The first-order valence-corrected chi connectivity index (χ1v) is 4.55. The lowest BCUT2D eigenvalue weighted by atomic mass is 9.76. The fourth-order valence-corrected chi connectivity index (χ4v) is 1.29. The summed E-state index contributed by atoms with van der Waals surface area (Å²) in [6.45, 7) is 10.6. The zero-order valence-electron chi connectivity index (χ0n) is 8.52. The third-order valence-corrected chi connectivity index (χ3v) is 2.68. The van der Waals surface area contributed by atoms with Gasteiger partial charge < -0.3 is 4.74 Å². The van der Waals surface area contributed by atoms with Gasteiger partial charge in [0.05, 0.1) is 6.61 Å². The lowest BCUT2D eigenvalue weighted by Gasteiger charge is -2.32. The Balaban J connectivity index is 4.07. The van der Waals surface area contributed by atoms with E-state index in [2.05, 4.69) is 27.7 Å². The van der Waals surface area contributed by atoms with Gasteiger partial charge in [-0.25, -0.2) is 4.79 Å². The molecule has 2 heteroatoms. The van der Waals surface area contributed by atoms with Crippen LogP contribution in [0.5, 0.6) is 0 Å². The van der Waals surface area contributed by atoms with E-state index in [4.69, 9.17) is 4.74 Å². The molecule has 0 saturated heterocycles. The average molecular weight is 171 g/mol. The summed E-state index contributed by atoms with van der Waals surface area (Å²) in [4.78, 5) is 9.93. The third-order valence-electron chi connectivity index (χ3n) is 2.68. The molecule has 71 valence electrons. The fraction of sp³-hybridized carbons (Fsp3) is 0.900. The summed E-state index contributed by atoms with van der Waals surface area (Å²) >= 11 is 0. The molecule has 1 atom stereocenters. The van der Waals surface area contributed by atoms with Crippen LogP contribution >= 0.6 is 0 Å². The van der Waals surface area contributed by atoms with Crippen molar-refractivity contribution in [3.8, 4) is 0 Å². The van der Waals surface area contributed by atoms with E-state index in [0.29, 0.717) is 12.5 Å². The maximum atomic E-state index is 9.93. The van der Waals surface area contributed by atoms with Gasteiger partial charge in [0.2, 0.25) is 0 Å². The molecular weight excluding hydrogens is 152 g/mol. The van der Waals surface area contributed by atoms with Crippen molar-refractivity contribution >= 4 is 6.47 Å². The van der Waals surface area contributed by atoms with Crippen LogP contribution in [0.2, 0.25) is 0 Å². The highest BCUT2D eigenvalue weighted by Crippen LogP contribution is 2.32. The van der Waals surface area contributed by atoms with E-state index in [1.165, 1.54) is 6.47 Å². The van der Waals surface area contributed by atoms with Crippen molar-refractivity contribution < 1.29 is 9.53 Å². The second kappa shape index (κ2) is 5.18. The minimum Gasteiger partial charge on any atom is -0.457 e. The number of ether oxygens (including phenoxy) is 1. The van der Waals surface area contributed by atoms with Gasteiger partial charge >= 0.3 is 6.47 Å². The molecule has 0 bridgehead atoms. The van der Waals surface area contributed by atoms with Crippen molar-refractivity contribution in [2.75, 3.05) is 6.61 Å². The van der Waals surface area contributed by atoms with Crippen LogP contribution in [-0.2, 0) is 9.53 Å². The Morgan fingerprint density at radius 2 is 2.08 bits per heavy atom. The largest absolute Gasteiger partial charge is 0.457 e. The molecule has 0 aliphatic heterocycles. The van der Waals surface area contributed by atoms with Gasteiger partial charge in [-0.3, -0.25) is 0 Å². The van der Waals surface area contributed by atoms with Gasteiger partial charge in [0.15, 0.2) is 0 Å². The number of rotatable bonds is 6. The van der Waals surface area contributed by atoms with Crippen molar-refractivity contribution in [2.24, 2.45) is 11.3 Å². The van der Waals surface area contributed by atoms with Crippen LogP contribution < -0.4 is 0 Å². The van der Waals surface area contributed by atoms with E-state index in [9.17, 15) is 4.79 Å². The summed E-state index contributed by atoms with van der Waals surface area (Å²) in [6.07, 6.45) is 2.21. The molecule has 12 heavy (non-hydrogen) atoms. The first-order valence-electron chi connectivity index (χ1n) is 4.55. The molecule has 0 aromatic carbocycles. The lowest BCUT2D eigenvalue weighted by molar-refractivity contribution is 0.0893. The molecule has 0 fully saturated rings. The summed E-state index contributed by atoms with van der Waals surface area (Å²) < 4.78 is 4.71. The topological polar surface area (TPSA) is 26.3 Å². The molecule has 2 nitrogen and oxygen atoms in total. The third kappa shape index (κ3) is 3.24. The predicted octanol–water partition coefficient (Wildman–Crippen LogP) is 2.53. The maximum Gasteiger partial charge on any atom is 0.417 e. The molecular formula is C10H19O2. The summed E-state index contributed by atoms with van der Waals surface area (Å²) in [6, 6.07) is 0. The molecule has 0 spiro atoms. The molecule has 0 aromatic heterocycles. The van der Waals surface area contributed by atoms with Crippen LogP contribution in [0.4, 0.5) is 0 Å². The van der Waals surface area contributed by atoms with Gasteiger partial charge in [-0.15, -0.1) is 0 Å². The number of hydrogen-bond acceptors (Lipinski definition) is 2. The van der Waals surface area contributed by atoms with Gasteiger partial charge in [-0.05, 0) is 12.3 Å². The van der Waals surface area contributed by atoms with Crippen LogP contribution in [0.25, 0.3) is 0 Å². The van der Waals surface area contributed by atoms with Crippen LogP contribution in [0.3, 0.4) is 0 Å². The van der Waals surface area contributed by atoms with Gasteiger partial charge in [0.1, 0.15) is 0 Å². The molecule has 0 amide bonds. The number of carbonyl (C=O) groups excluding carboxylic acids is 1. The summed E-state index contributed by atoms with van der Waals surface area (Å²) in [5, 5.41) is 0. The van der Waals surface area contributed by atoms with Gasteiger partial charge in [-0.2, -0.15) is 0 Å². The molecule has 0 N–H and O–H groups in total. The summed E-state index contributed by atoms with van der Waals surface area (Å²) in [7, 11) is 0. The molecule has 0 rings (SSSR count). The average Bonchev–Trinajstić information content (AvgIpc) is 2.01. The van der Waals surface area contributed by atoms with Crippen molar-refractivity contribution in [2.45, 2.75) is 40.5 Å². The minimum absolute atomic E-state index is 0.117. The Kier molecular flexibility index (Phi) is 4.95. The summed E-state index contributed by atoms with van der Waals surface area (Å²) in [5.41, 5.74) is 0.117. The zero-order chi connectivity index (χ0) is 9.61. The lowest BCUT2D eigenvalue weighted by Crippen LogP contribution is -2.29. The van der Waals surface area contributed by atoms with Crippen LogP contribution in [0.1, 0.15) is 40.5 Å². The molecule has 0 aliphatic rings. The van der Waals surface area contributed by atoms with Crippen molar-refractivity contribution in [3.63, 3.8) is 0 Å². The van der Waals surface area contributed by atoms with E-state index in [1.807, 2.05) is 0 Å². The van der Waals surface area contributed by atoms with Crippen molar-refractivity contribution in [3.05, 3.63) is 0 Å². The van der Waals surface area contributed by atoms with E-state index >= 15 is 0 Å². The molecule has 0 heterocycles. The van der Waals surface area contributed by atoms with E-state index in [-0.39, 0.29) is 5.41 Å². The van der Waals surface area contributed by atoms with E-state index < -0.39 is 0 Å². The SMILES string of the molecule is CCCC(C)(CO[C]=O)C(C)C. The van der Waals surface area contributed by atoms with Gasteiger partial charge in [0.25, 0.3) is 0 Å². The van der Waals surface area contributed by atoms with Crippen molar-refractivity contribution in [1.29, 1.82) is 0 Å². The second-order valence-electron chi connectivity index (χ2n) is 3.93. The normalized spacial score (nSPS) is 15.8. The van der Waals surface area contributed by atoms with Crippen molar-refractivity contribution in [1.82, 2.24) is 0 Å². The smallest absolute Gasteiger partial charge is 0.417 e. The molecule has 1 unspecified atom stereocenters. The van der Waals surface area contributed by atoms with Crippen LogP contribution in [0.15, 0.2) is 0 Å². The standard InChI is InChI=1S/C10H19O2/c1-5-6-10(4,9(2)3)7-12-8-11/h9H,5-7H2,1-4H3. The molecule has 0 saturated carbocycles. The Hall–Kier alpha value is -0.530. The summed E-state index contributed by atoms with van der Waals surface area (Å²) in [5.74, 6) is 0.533. The van der Waals surface area contributed by atoms with Crippen LogP contribution in [-0.4, -0.2) is 13.1 Å².